The Kier molecular flexibility index (Phi) is 6.96. The minimum atomic E-state index is -0.993. The average Bonchev–Trinajstić information content (AvgIpc) is 2.66. The van der Waals surface area contributed by atoms with Gasteiger partial charge in [-0.25, -0.2) is 0 Å². The molecule has 138 valence electrons. The van der Waals surface area contributed by atoms with Crippen LogP contribution in [0.5, 0.6) is 0 Å². The Bertz CT molecular complexity index is 564. The van der Waals surface area contributed by atoms with E-state index in [-0.39, 0.29) is 30.9 Å². The van der Waals surface area contributed by atoms with Gasteiger partial charge >= 0.3 is 0 Å². The second kappa shape index (κ2) is 8.97. The molecule has 1 aliphatic rings. The zero-order valence-electron chi connectivity index (χ0n) is 14.8. The van der Waals surface area contributed by atoms with Crippen LogP contribution in [0.25, 0.3) is 0 Å². The molecule has 0 spiro atoms. The Morgan fingerprint density at radius 2 is 1.96 bits per heavy atom. The van der Waals surface area contributed by atoms with Crippen LogP contribution < -0.4 is 5.32 Å². The summed E-state index contributed by atoms with van der Waals surface area (Å²) in [5, 5.41) is 21.8. The van der Waals surface area contributed by atoms with Crippen molar-refractivity contribution in [2.75, 3.05) is 26.3 Å². The molecule has 3 N–H and O–H groups in total. The number of nitrogens with zero attached hydrogens (tertiary/aromatic N) is 1. The third-order valence-electron chi connectivity index (χ3n) is 5.05. The zero-order chi connectivity index (χ0) is 18.3. The number of likely N-dealkylation sites (tertiary alicyclic amines) is 1. The summed E-state index contributed by atoms with van der Waals surface area (Å²) in [7, 11) is 0. The largest absolute Gasteiger partial charge is 0.394 e. The van der Waals surface area contributed by atoms with E-state index in [1.165, 1.54) is 0 Å². The van der Waals surface area contributed by atoms with Gasteiger partial charge in [-0.3, -0.25) is 9.59 Å². The molecule has 1 atom stereocenters. The predicted octanol–water partition coefficient (Wildman–Crippen LogP) is 0.717. The van der Waals surface area contributed by atoms with Crippen LogP contribution in [-0.4, -0.2) is 58.8 Å². The van der Waals surface area contributed by atoms with E-state index in [4.69, 9.17) is 0 Å². The molecule has 2 amide bonds. The summed E-state index contributed by atoms with van der Waals surface area (Å²) in [5.41, 5.74) is 0.167. The third-order valence-corrected chi connectivity index (χ3v) is 5.05. The molecule has 0 bridgehead atoms. The van der Waals surface area contributed by atoms with Crippen LogP contribution in [-0.2, 0) is 16.0 Å². The maximum atomic E-state index is 12.5. The predicted molar refractivity (Wildman–Crippen MR) is 94.8 cm³/mol. The van der Waals surface area contributed by atoms with Crippen molar-refractivity contribution in [3.05, 3.63) is 35.9 Å². The lowest BCUT2D eigenvalue weighted by Crippen LogP contribution is -2.57. The van der Waals surface area contributed by atoms with Crippen LogP contribution in [0.1, 0.15) is 31.7 Å². The van der Waals surface area contributed by atoms with Gasteiger partial charge in [0.05, 0.1) is 24.7 Å². The van der Waals surface area contributed by atoms with Crippen LogP contribution in [0.2, 0.25) is 0 Å². The Morgan fingerprint density at radius 3 is 2.56 bits per heavy atom. The van der Waals surface area contributed by atoms with E-state index < -0.39 is 5.54 Å². The van der Waals surface area contributed by atoms with Gasteiger partial charge in [-0.1, -0.05) is 37.3 Å². The number of rotatable bonds is 8. The highest BCUT2D eigenvalue weighted by molar-refractivity contribution is 5.84. The van der Waals surface area contributed by atoms with Crippen molar-refractivity contribution in [3.63, 3.8) is 0 Å². The lowest BCUT2D eigenvalue weighted by atomic mass is 9.92. The lowest BCUT2D eigenvalue weighted by Gasteiger charge is -2.35. The normalized spacial score (nSPS) is 18.3. The van der Waals surface area contributed by atoms with Gasteiger partial charge in [0.2, 0.25) is 11.8 Å². The highest BCUT2D eigenvalue weighted by Crippen LogP contribution is 2.20. The molecule has 6 heteroatoms. The van der Waals surface area contributed by atoms with Gasteiger partial charge in [0.15, 0.2) is 0 Å². The van der Waals surface area contributed by atoms with Crippen LogP contribution in [0.3, 0.4) is 0 Å². The molecule has 2 rings (SSSR count). The summed E-state index contributed by atoms with van der Waals surface area (Å²) in [6.07, 6.45) is 2.05. The Morgan fingerprint density at radius 1 is 1.28 bits per heavy atom. The Balaban J connectivity index is 1.94. The van der Waals surface area contributed by atoms with E-state index in [2.05, 4.69) is 5.32 Å². The molecule has 1 aliphatic heterocycles. The monoisotopic (exact) mass is 348 g/mol. The third kappa shape index (κ3) is 5.03. The molecule has 1 saturated heterocycles. The molecular formula is C19H28N2O4. The molecule has 0 unspecified atom stereocenters. The molecule has 1 fully saturated rings. The first kappa shape index (κ1) is 19.4. The minimum absolute atomic E-state index is 0.0750. The Hall–Kier alpha value is -1.92. The smallest absolute Gasteiger partial charge is 0.225 e. The van der Waals surface area contributed by atoms with Crippen molar-refractivity contribution in [1.29, 1.82) is 0 Å². The number of amides is 2. The number of carbonyl (C=O) groups is 2. The standard InChI is InChI=1S/C19H28N2O4/c1-2-19(13-22,14-23)20-18(25)16-8-9-17(24)21(12-16)11-10-15-6-4-3-5-7-15/h3-7,16,22-23H,2,8-14H2,1H3,(H,20,25)/t16-/m1/s1. The first-order valence-electron chi connectivity index (χ1n) is 8.89. The second-order valence-corrected chi connectivity index (χ2v) is 6.75. The topological polar surface area (TPSA) is 89.9 Å². The molecule has 0 aliphatic carbocycles. The number of piperidine rings is 1. The van der Waals surface area contributed by atoms with Gasteiger partial charge in [0, 0.05) is 19.5 Å². The van der Waals surface area contributed by atoms with Gasteiger partial charge in [-0.05, 0) is 24.8 Å². The van der Waals surface area contributed by atoms with E-state index in [1.54, 1.807) is 4.90 Å². The second-order valence-electron chi connectivity index (χ2n) is 6.75. The van der Waals surface area contributed by atoms with Gasteiger partial charge in [-0.15, -0.1) is 0 Å². The molecule has 1 aromatic carbocycles. The van der Waals surface area contributed by atoms with Crippen molar-refractivity contribution in [1.82, 2.24) is 10.2 Å². The lowest BCUT2D eigenvalue weighted by molar-refractivity contribution is -0.139. The average molecular weight is 348 g/mol. The number of hydrogen-bond acceptors (Lipinski definition) is 4. The van der Waals surface area contributed by atoms with Crippen molar-refractivity contribution in [3.8, 4) is 0 Å². The number of carbonyl (C=O) groups excluding carboxylic acids is 2. The fraction of sp³-hybridized carbons (Fsp3) is 0.579. The molecule has 25 heavy (non-hydrogen) atoms. The number of aliphatic hydroxyl groups is 2. The summed E-state index contributed by atoms with van der Waals surface area (Å²) in [6.45, 7) is 2.16. The van der Waals surface area contributed by atoms with E-state index in [9.17, 15) is 19.8 Å². The molecule has 1 heterocycles. The van der Waals surface area contributed by atoms with Crippen LogP contribution in [0, 0.1) is 5.92 Å². The van der Waals surface area contributed by atoms with Crippen LogP contribution in [0.4, 0.5) is 0 Å². The minimum Gasteiger partial charge on any atom is -0.394 e. The van der Waals surface area contributed by atoms with Crippen molar-refractivity contribution in [2.24, 2.45) is 5.92 Å². The van der Waals surface area contributed by atoms with Gasteiger partial charge in [-0.2, -0.15) is 0 Å². The molecule has 0 radical (unpaired) electrons. The molecule has 6 nitrogen and oxygen atoms in total. The first-order valence-corrected chi connectivity index (χ1v) is 8.89. The highest BCUT2D eigenvalue weighted by Gasteiger charge is 2.35. The fourth-order valence-corrected chi connectivity index (χ4v) is 3.06. The van der Waals surface area contributed by atoms with Crippen LogP contribution in [0.15, 0.2) is 30.3 Å². The maximum absolute atomic E-state index is 12.5. The molecule has 1 aromatic rings. The molecule has 0 aromatic heterocycles. The summed E-state index contributed by atoms with van der Waals surface area (Å²) >= 11 is 0. The summed E-state index contributed by atoms with van der Waals surface area (Å²) < 4.78 is 0. The number of aliphatic hydroxyl groups excluding tert-OH is 2. The van der Waals surface area contributed by atoms with Gasteiger partial charge < -0.3 is 20.4 Å². The van der Waals surface area contributed by atoms with Crippen molar-refractivity contribution < 1.29 is 19.8 Å². The summed E-state index contributed by atoms with van der Waals surface area (Å²) in [4.78, 5) is 26.4. The number of benzene rings is 1. The first-order chi connectivity index (χ1) is 12.0. The maximum Gasteiger partial charge on any atom is 0.225 e. The van der Waals surface area contributed by atoms with E-state index >= 15 is 0 Å². The van der Waals surface area contributed by atoms with Crippen molar-refractivity contribution in [2.45, 2.75) is 38.1 Å². The Labute approximate surface area is 148 Å². The quantitative estimate of drug-likeness (QED) is 0.646. The van der Waals surface area contributed by atoms with Crippen molar-refractivity contribution >= 4 is 11.8 Å². The fourth-order valence-electron chi connectivity index (χ4n) is 3.06. The molecule has 0 saturated carbocycles. The molecular weight excluding hydrogens is 320 g/mol. The van der Waals surface area contributed by atoms with E-state index in [0.717, 1.165) is 12.0 Å². The van der Waals surface area contributed by atoms with E-state index in [0.29, 0.717) is 32.4 Å². The number of nitrogens with one attached hydrogen (secondary N) is 1. The zero-order valence-corrected chi connectivity index (χ0v) is 14.8. The van der Waals surface area contributed by atoms with Crippen LogP contribution >= 0.6 is 0 Å². The van der Waals surface area contributed by atoms with E-state index in [1.807, 2.05) is 37.3 Å². The SMILES string of the molecule is CCC(CO)(CO)NC(=O)[C@@H]1CCC(=O)N(CCc2ccccc2)C1. The highest BCUT2D eigenvalue weighted by atomic mass is 16.3. The number of hydrogen-bond donors (Lipinski definition) is 3. The summed E-state index contributed by atoms with van der Waals surface area (Å²) in [5.74, 6) is -0.439. The summed E-state index contributed by atoms with van der Waals surface area (Å²) in [6, 6.07) is 9.95. The van der Waals surface area contributed by atoms with Gasteiger partial charge in [0.25, 0.3) is 0 Å². The van der Waals surface area contributed by atoms with Gasteiger partial charge in [0.1, 0.15) is 0 Å².